The number of carbonyl (C=O) groups is 1. The number of hydrogen-bond acceptors (Lipinski definition) is 8. The molecule has 0 aliphatic rings. The number of hydrogen-bond donors (Lipinski definition) is 1. The number of thioether (sulfide) groups is 1. The van der Waals surface area contributed by atoms with Crippen LogP contribution in [0.4, 0.5) is 0 Å². The predicted molar refractivity (Wildman–Crippen MR) is 145 cm³/mol. The molecule has 0 atom stereocenters. The van der Waals surface area contributed by atoms with E-state index in [9.17, 15) is 4.79 Å². The van der Waals surface area contributed by atoms with Crippen LogP contribution in [0, 0.1) is 0 Å². The molecule has 3 heterocycles. The maximum absolute atomic E-state index is 12.6. The highest BCUT2D eigenvalue weighted by atomic mass is 32.2. The number of aromatic nitrogens is 5. The fraction of sp³-hybridized carbons (Fsp3) is 0.148. The van der Waals surface area contributed by atoms with Crippen molar-refractivity contribution in [3.8, 4) is 22.8 Å². The summed E-state index contributed by atoms with van der Waals surface area (Å²) in [6, 6.07) is 21.6. The standard InChI is InChI=1S/C27H24N6O2S2/c1-35-23-12-6-5-11-22(23)33-25(20-10-7-14-28-16-20)31-32-27(33)37-18-24-30-21(17-36-24)26(34)29-15-13-19-8-3-2-4-9-19/h2-12,14,16-17H,13,15,18H2,1H3,(H,29,34). The van der Waals surface area contributed by atoms with E-state index < -0.39 is 0 Å². The van der Waals surface area contributed by atoms with Gasteiger partial charge in [0.25, 0.3) is 5.91 Å². The van der Waals surface area contributed by atoms with Gasteiger partial charge < -0.3 is 10.1 Å². The molecule has 5 aromatic rings. The summed E-state index contributed by atoms with van der Waals surface area (Å²) in [7, 11) is 1.64. The topological polar surface area (TPSA) is 94.8 Å². The summed E-state index contributed by atoms with van der Waals surface area (Å²) in [5, 5.41) is 15.2. The first-order valence-electron chi connectivity index (χ1n) is 11.6. The zero-order valence-corrected chi connectivity index (χ0v) is 21.7. The van der Waals surface area contributed by atoms with Crippen LogP contribution in [0.1, 0.15) is 21.1 Å². The molecule has 0 saturated carbocycles. The van der Waals surface area contributed by atoms with Crippen molar-refractivity contribution in [2.75, 3.05) is 13.7 Å². The number of carbonyl (C=O) groups excluding carboxylic acids is 1. The Morgan fingerprint density at radius 3 is 2.70 bits per heavy atom. The molecular weight excluding hydrogens is 504 g/mol. The third kappa shape index (κ3) is 5.87. The second kappa shape index (κ2) is 11.8. The lowest BCUT2D eigenvalue weighted by molar-refractivity contribution is 0.0949. The summed E-state index contributed by atoms with van der Waals surface area (Å²) in [6.07, 6.45) is 4.26. The van der Waals surface area contributed by atoms with E-state index in [4.69, 9.17) is 4.74 Å². The summed E-state index contributed by atoms with van der Waals surface area (Å²) in [5.74, 6) is 1.75. The Balaban J connectivity index is 1.30. The number of nitrogens with one attached hydrogen (secondary N) is 1. The molecule has 2 aromatic carbocycles. The molecule has 0 unspecified atom stereocenters. The Labute approximate surface area is 222 Å². The Morgan fingerprint density at radius 2 is 1.89 bits per heavy atom. The average molecular weight is 529 g/mol. The minimum absolute atomic E-state index is 0.167. The van der Waals surface area contributed by atoms with Gasteiger partial charge in [-0.3, -0.25) is 14.3 Å². The van der Waals surface area contributed by atoms with Crippen LogP contribution in [0.25, 0.3) is 17.1 Å². The van der Waals surface area contributed by atoms with Crippen LogP contribution < -0.4 is 10.1 Å². The molecule has 3 aromatic heterocycles. The molecule has 0 aliphatic heterocycles. The Kier molecular flexibility index (Phi) is 7.87. The molecule has 186 valence electrons. The molecule has 1 N–H and O–H groups in total. The van der Waals surface area contributed by atoms with E-state index in [1.54, 1.807) is 24.9 Å². The fourth-order valence-corrected chi connectivity index (χ4v) is 5.48. The molecule has 0 spiro atoms. The van der Waals surface area contributed by atoms with E-state index >= 15 is 0 Å². The summed E-state index contributed by atoms with van der Waals surface area (Å²) in [6.45, 7) is 0.559. The maximum Gasteiger partial charge on any atom is 0.270 e. The van der Waals surface area contributed by atoms with Crippen molar-refractivity contribution < 1.29 is 9.53 Å². The van der Waals surface area contributed by atoms with E-state index in [-0.39, 0.29) is 5.91 Å². The number of pyridine rings is 1. The van der Waals surface area contributed by atoms with E-state index in [0.717, 1.165) is 22.7 Å². The smallest absolute Gasteiger partial charge is 0.270 e. The number of nitrogens with zero attached hydrogens (tertiary/aromatic N) is 5. The van der Waals surface area contributed by atoms with Crippen LogP contribution in [0.5, 0.6) is 5.75 Å². The molecular formula is C27H24N6O2S2. The van der Waals surface area contributed by atoms with Gasteiger partial charge in [0.2, 0.25) is 0 Å². The molecule has 0 fully saturated rings. The third-order valence-electron chi connectivity index (χ3n) is 5.53. The lowest BCUT2D eigenvalue weighted by Gasteiger charge is -2.13. The molecule has 0 bridgehead atoms. The fourth-order valence-electron chi connectivity index (χ4n) is 3.74. The predicted octanol–water partition coefficient (Wildman–Crippen LogP) is 5.06. The van der Waals surface area contributed by atoms with Crippen molar-refractivity contribution >= 4 is 29.0 Å². The van der Waals surface area contributed by atoms with Gasteiger partial charge in [0.05, 0.1) is 18.6 Å². The summed E-state index contributed by atoms with van der Waals surface area (Å²) in [4.78, 5) is 21.4. The van der Waals surface area contributed by atoms with Gasteiger partial charge >= 0.3 is 0 Å². The normalized spacial score (nSPS) is 10.8. The van der Waals surface area contributed by atoms with Gasteiger partial charge in [-0.15, -0.1) is 21.5 Å². The highest BCUT2D eigenvalue weighted by Crippen LogP contribution is 2.33. The van der Waals surface area contributed by atoms with Crippen LogP contribution in [0.15, 0.2) is 89.7 Å². The number of methoxy groups -OCH3 is 1. The Bertz CT molecular complexity index is 1470. The number of rotatable bonds is 10. The van der Waals surface area contributed by atoms with Crippen molar-refractivity contribution in [1.29, 1.82) is 0 Å². The lowest BCUT2D eigenvalue weighted by Crippen LogP contribution is -2.26. The molecule has 8 nitrogen and oxygen atoms in total. The molecule has 0 radical (unpaired) electrons. The number of para-hydroxylation sites is 2. The molecule has 37 heavy (non-hydrogen) atoms. The third-order valence-corrected chi connectivity index (χ3v) is 7.50. The van der Waals surface area contributed by atoms with Gasteiger partial charge in [-0.1, -0.05) is 54.2 Å². The molecule has 0 aliphatic carbocycles. The van der Waals surface area contributed by atoms with Gasteiger partial charge in [0.15, 0.2) is 11.0 Å². The zero-order chi connectivity index (χ0) is 25.5. The van der Waals surface area contributed by atoms with Crippen LogP contribution in [-0.4, -0.2) is 44.3 Å². The van der Waals surface area contributed by atoms with Crippen molar-refractivity contribution in [3.63, 3.8) is 0 Å². The summed E-state index contributed by atoms with van der Waals surface area (Å²) >= 11 is 2.95. The maximum atomic E-state index is 12.6. The molecule has 1 amide bonds. The number of ether oxygens (including phenoxy) is 1. The van der Waals surface area contributed by atoms with Crippen LogP contribution in [0.3, 0.4) is 0 Å². The summed E-state index contributed by atoms with van der Waals surface area (Å²) in [5.41, 5.74) is 3.28. The number of amides is 1. The lowest BCUT2D eigenvalue weighted by atomic mass is 10.1. The van der Waals surface area contributed by atoms with Crippen molar-refractivity contribution in [2.45, 2.75) is 17.3 Å². The number of thiazole rings is 1. The summed E-state index contributed by atoms with van der Waals surface area (Å²) < 4.78 is 7.58. The van der Waals surface area contributed by atoms with Gasteiger partial charge in [-0.05, 0) is 36.2 Å². The van der Waals surface area contributed by atoms with E-state index in [0.29, 0.717) is 34.7 Å². The Morgan fingerprint density at radius 1 is 1.05 bits per heavy atom. The van der Waals surface area contributed by atoms with E-state index in [2.05, 4.69) is 25.5 Å². The quantitative estimate of drug-likeness (QED) is 0.253. The minimum Gasteiger partial charge on any atom is -0.495 e. The second-order valence-corrected chi connectivity index (χ2v) is 9.85. The van der Waals surface area contributed by atoms with Crippen molar-refractivity contribution in [2.24, 2.45) is 0 Å². The van der Waals surface area contributed by atoms with E-state index in [1.807, 2.05) is 71.3 Å². The van der Waals surface area contributed by atoms with Crippen LogP contribution in [-0.2, 0) is 12.2 Å². The zero-order valence-electron chi connectivity index (χ0n) is 20.1. The molecule has 10 heteroatoms. The largest absolute Gasteiger partial charge is 0.495 e. The second-order valence-electron chi connectivity index (χ2n) is 7.96. The van der Waals surface area contributed by atoms with Crippen molar-refractivity contribution in [1.82, 2.24) is 30.0 Å². The molecule has 5 rings (SSSR count). The van der Waals surface area contributed by atoms with Gasteiger partial charge in [-0.25, -0.2) is 4.98 Å². The van der Waals surface area contributed by atoms with E-state index in [1.165, 1.54) is 28.7 Å². The minimum atomic E-state index is -0.167. The monoisotopic (exact) mass is 528 g/mol. The average Bonchev–Trinajstić information content (AvgIpc) is 3.60. The van der Waals surface area contributed by atoms with Crippen molar-refractivity contribution in [3.05, 3.63) is 101 Å². The van der Waals surface area contributed by atoms with Gasteiger partial charge in [0, 0.05) is 29.9 Å². The highest BCUT2D eigenvalue weighted by molar-refractivity contribution is 7.98. The first kappa shape index (κ1) is 24.7. The Hall–Kier alpha value is -4.02. The number of benzene rings is 2. The molecule has 0 saturated heterocycles. The van der Waals surface area contributed by atoms with Gasteiger partial charge in [0.1, 0.15) is 16.5 Å². The van der Waals surface area contributed by atoms with Crippen LogP contribution >= 0.6 is 23.1 Å². The SMILES string of the molecule is COc1ccccc1-n1c(SCc2nc(C(=O)NCCc3ccccc3)cs2)nnc1-c1cccnc1. The van der Waals surface area contributed by atoms with Crippen LogP contribution in [0.2, 0.25) is 0 Å². The first-order valence-corrected chi connectivity index (χ1v) is 13.5. The highest BCUT2D eigenvalue weighted by Gasteiger charge is 2.20. The first-order chi connectivity index (χ1) is 18.2. The van der Waals surface area contributed by atoms with Gasteiger partial charge in [-0.2, -0.15) is 0 Å².